The van der Waals surface area contributed by atoms with E-state index in [1.165, 1.54) is 5.82 Å². The van der Waals surface area contributed by atoms with Crippen LogP contribution in [0, 0.1) is 0 Å². The number of rotatable bonds is 3. The minimum absolute atomic E-state index is 0.882. The third-order valence-electron chi connectivity index (χ3n) is 1.24. The molecule has 0 amide bonds. The molecule has 0 heterocycles. The Hall–Kier alpha value is -0.0700. The van der Waals surface area contributed by atoms with Gasteiger partial charge in [-0.15, -0.1) is 0 Å². The van der Waals surface area contributed by atoms with Gasteiger partial charge in [-0.3, -0.25) is 4.57 Å². The van der Waals surface area contributed by atoms with Gasteiger partial charge in [0.2, 0.25) is 8.03 Å². The summed E-state index contributed by atoms with van der Waals surface area (Å²) in [5.74, 6) is 1.46. The topological polar surface area (TPSA) is 37.3 Å². The van der Waals surface area contributed by atoms with E-state index in [1.54, 1.807) is 0 Å². The predicted octanol–water partition coefficient (Wildman–Crippen LogP) is 2.16. The van der Waals surface area contributed by atoms with Gasteiger partial charge in [0.05, 0.1) is 0 Å². The van der Waals surface area contributed by atoms with Crippen molar-refractivity contribution in [3.05, 3.63) is 11.4 Å². The van der Waals surface area contributed by atoms with Gasteiger partial charge in [-0.05, 0) is 18.7 Å². The van der Waals surface area contributed by atoms with Crippen LogP contribution in [0.1, 0.15) is 26.7 Å². The normalized spacial score (nSPS) is 12.8. The van der Waals surface area contributed by atoms with Crippen molar-refractivity contribution >= 4 is 8.03 Å². The molecule has 0 saturated heterocycles. The van der Waals surface area contributed by atoms with Crippen LogP contribution in [0.4, 0.5) is 0 Å². The van der Waals surface area contributed by atoms with Gasteiger partial charge in [0.1, 0.15) is 0 Å². The SMILES string of the molecule is CCC(=C[PH](=O)O)CC. The van der Waals surface area contributed by atoms with Crippen molar-refractivity contribution in [2.75, 3.05) is 0 Å². The lowest BCUT2D eigenvalue weighted by Gasteiger charge is -1.95. The highest BCUT2D eigenvalue weighted by atomic mass is 31.1. The second kappa shape index (κ2) is 4.78. The second-order valence-electron chi connectivity index (χ2n) is 1.85. The molecule has 0 aromatic rings. The summed E-state index contributed by atoms with van der Waals surface area (Å²) < 4.78 is 10.2. The molecule has 2 nitrogen and oxygen atoms in total. The third kappa shape index (κ3) is 4.43. The molecule has 0 fully saturated rings. The lowest BCUT2D eigenvalue weighted by atomic mass is 10.2. The van der Waals surface area contributed by atoms with Crippen molar-refractivity contribution in [1.29, 1.82) is 0 Å². The lowest BCUT2D eigenvalue weighted by Crippen LogP contribution is -1.73. The fourth-order valence-corrected chi connectivity index (χ4v) is 1.39. The lowest BCUT2D eigenvalue weighted by molar-refractivity contribution is 0.512. The average Bonchev–Trinajstić information content (AvgIpc) is 1.82. The van der Waals surface area contributed by atoms with Gasteiger partial charge in [-0.25, -0.2) is 0 Å². The molecule has 0 spiro atoms. The number of hydrogen-bond donors (Lipinski definition) is 1. The molecule has 0 aromatic carbocycles. The predicted molar refractivity (Wildman–Crippen MR) is 39.9 cm³/mol. The van der Waals surface area contributed by atoms with E-state index in [1.807, 2.05) is 13.8 Å². The highest BCUT2D eigenvalue weighted by Crippen LogP contribution is 2.20. The molecule has 1 atom stereocenters. The van der Waals surface area contributed by atoms with Gasteiger partial charge >= 0.3 is 0 Å². The van der Waals surface area contributed by atoms with Gasteiger partial charge < -0.3 is 4.89 Å². The molecular weight excluding hydrogens is 135 g/mol. The molecule has 9 heavy (non-hydrogen) atoms. The maximum Gasteiger partial charge on any atom is 0.211 e. The summed E-state index contributed by atoms with van der Waals surface area (Å²) in [5.41, 5.74) is 1.07. The first-order valence-electron chi connectivity index (χ1n) is 3.13. The maximum atomic E-state index is 10.2. The highest BCUT2D eigenvalue weighted by molar-refractivity contribution is 7.41. The van der Waals surface area contributed by atoms with Crippen molar-refractivity contribution in [2.45, 2.75) is 26.7 Å². The highest BCUT2D eigenvalue weighted by Gasteiger charge is 1.90. The summed E-state index contributed by atoms with van der Waals surface area (Å²) in [6, 6.07) is 0. The van der Waals surface area contributed by atoms with Gasteiger partial charge in [0, 0.05) is 0 Å². The number of allylic oxidation sites excluding steroid dienone is 1. The first-order chi connectivity index (χ1) is 4.20. The Labute approximate surface area is 56.5 Å². The second-order valence-corrected chi connectivity index (χ2v) is 2.81. The molecule has 0 saturated carbocycles. The zero-order valence-corrected chi connectivity index (χ0v) is 6.85. The maximum absolute atomic E-state index is 10.2. The molecular formula is C6H13O2P. The first kappa shape index (κ1) is 8.93. The third-order valence-corrected chi connectivity index (χ3v) is 1.89. The van der Waals surface area contributed by atoms with E-state index in [9.17, 15) is 4.57 Å². The van der Waals surface area contributed by atoms with Crippen LogP contribution in [-0.4, -0.2) is 4.89 Å². The molecule has 0 aliphatic carbocycles. The molecule has 54 valence electrons. The van der Waals surface area contributed by atoms with Crippen LogP contribution >= 0.6 is 8.03 Å². The van der Waals surface area contributed by atoms with E-state index in [-0.39, 0.29) is 0 Å². The van der Waals surface area contributed by atoms with Crippen LogP contribution in [0.3, 0.4) is 0 Å². The minimum atomic E-state index is -2.37. The summed E-state index contributed by atoms with van der Waals surface area (Å²) in [7, 11) is -2.37. The Balaban J connectivity index is 3.91. The van der Waals surface area contributed by atoms with Crippen LogP contribution in [-0.2, 0) is 4.57 Å². The van der Waals surface area contributed by atoms with E-state index < -0.39 is 8.03 Å². The monoisotopic (exact) mass is 148 g/mol. The van der Waals surface area contributed by atoms with Crippen molar-refractivity contribution in [2.24, 2.45) is 0 Å². The Kier molecular flexibility index (Phi) is 4.74. The molecule has 3 heteroatoms. The van der Waals surface area contributed by atoms with Gasteiger partial charge in [0.15, 0.2) is 0 Å². The average molecular weight is 148 g/mol. The van der Waals surface area contributed by atoms with Gasteiger partial charge in [-0.1, -0.05) is 19.4 Å². The Morgan fingerprint density at radius 3 is 2.11 bits per heavy atom. The molecule has 1 unspecified atom stereocenters. The van der Waals surface area contributed by atoms with E-state index in [0.717, 1.165) is 18.4 Å². The molecule has 0 rings (SSSR count). The zero-order valence-electron chi connectivity index (χ0n) is 5.85. The van der Waals surface area contributed by atoms with Crippen molar-refractivity contribution in [3.63, 3.8) is 0 Å². The molecule has 0 radical (unpaired) electrons. The minimum Gasteiger partial charge on any atom is -0.343 e. The van der Waals surface area contributed by atoms with Gasteiger partial charge in [-0.2, -0.15) is 0 Å². The summed E-state index contributed by atoms with van der Waals surface area (Å²) >= 11 is 0. The number of hydrogen-bond acceptors (Lipinski definition) is 1. The van der Waals surface area contributed by atoms with Gasteiger partial charge in [0.25, 0.3) is 0 Å². The summed E-state index contributed by atoms with van der Waals surface area (Å²) in [4.78, 5) is 8.45. The van der Waals surface area contributed by atoms with E-state index in [2.05, 4.69) is 0 Å². The van der Waals surface area contributed by atoms with Crippen LogP contribution in [0.25, 0.3) is 0 Å². The Morgan fingerprint density at radius 1 is 1.56 bits per heavy atom. The molecule has 0 aliphatic rings. The molecule has 0 aliphatic heterocycles. The standard InChI is InChI=1S/C6H13O2P/c1-3-6(4-2)5-9(7)8/h5,9H,3-4H2,1-2H3,(H,7,8). The van der Waals surface area contributed by atoms with Crippen LogP contribution in [0.15, 0.2) is 11.4 Å². The van der Waals surface area contributed by atoms with Crippen molar-refractivity contribution in [1.82, 2.24) is 0 Å². The van der Waals surface area contributed by atoms with E-state index >= 15 is 0 Å². The zero-order chi connectivity index (χ0) is 7.28. The largest absolute Gasteiger partial charge is 0.343 e. The van der Waals surface area contributed by atoms with E-state index in [0.29, 0.717) is 0 Å². The summed E-state index contributed by atoms with van der Waals surface area (Å²) in [6.07, 6.45) is 1.76. The molecule has 1 N–H and O–H groups in total. The molecule has 0 aromatic heterocycles. The quantitative estimate of drug-likeness (QED) is 0.622. The Morgan fingerprint density at radius 2 is 2.00 bits per heavy atom. The summed E-state index contributed by atoms with van der Waals surface area (Å²) in [5, 5.41) is 0. The van der Waals surface area contributed by atoms with E-state index in [4.69, 9.17) is 4.89 Å². The first-order valence-corrected chi connectivity index (χ1v) is 4.56. The van der Waals surface area contributed by atoms with Crippen molar-refractivity contribution in [3.8, 4) is 0 Å². The van der Waals surface area contributed by atoms with Crippen LogP contribution in [0.5, 0.6) is 0 Å². The smallest absolute Gasteiger partial charge is 0.211 e. The summed E-state index contributed by atoms with van der Waals surface area (Å²) in [6.45, 7) is 3.97. The van der Waals surface area contributed by atoms with Crippen molar-refractivity contribution < 1.29 is 9.46 Å². The molecule has 0 bridgehead atoms. The fraction of sp³-hybridized carbons (Fsp3) is 0.667. The fourth-order valence-electron chi connectivity index (χ4n) is 0.629. The van der Waals surface area contributed by atoms with Crippen LogP contribution < -0.4 is 0 Å². The Bertz CT molecular complexity index is 123. The van der Waals surface area contributed by atoms with Crippen LogP contribution in [0.2, 0.25) is 0 Å².